The Bertz CT molecular complexity index is 398. The van der Waals surface area contributed by atoms with Gasteiger partial charge in [-0.3, -0.25) is 0 Å². The van der Waals surface area contributed by atoms with Crippen LogP contribution in [0.2, 0.25) is 0 Å². The zero-order valence-corrected chi connectivity index (χ0v) is 9.60. The molecule has 0 radical (unpaired) electrons. The van der Waals surface area contributed by atoms with E-state index in [2.05, 4.69) is 60.8 Å². The summed E-state index contributed by atoms with van der Waals surface area (Å²) >= 11 is 0. The van der Waals surface area contributed by atoms with Crippen molar-refractivity contribution in [3.05, 3.63) is 71.9 Å². The van der Waals surface area contributed by atoms with Gasteiger partial charge in [0, 0.05) is 0 Å². The zero-order chi connectivity index (χ0) is 11.1. The third-order valence-electron chi connectivity index (χ3n) is 2.74. The van der Waals surface area contributed by atoms with Gasteiger partial charge >= 0.3 is 0 Å². The maximum Gasteiger partial charge on any atom is -0.0163 e. The van der Waals surface area contributed by atoms with Crippen molar-refractivity contribution in [2.45, 2.75) is 25.7 Å². The standard InChI is InChI=1S/C16H18/c1-2-6-10-15(9-5-1)13-14-16-11-7-3-4-8-12-16/h1,5-7,9-14H,2-4,8H2/b14-13+. The Balaban J connectivity index is 2.05. The minimum absolute atomic E-state index is 1.04. The minimum atomic E-state index is 1.04. The van der Waals surface area contributed by atoms with Crippen molar-refractivity contribution < 1.29 is 0 Å². The van der Waals surface area contributed by atoms with Gasteiger partial charge in [0.2, 0.25) is 0 Å². The lowest BCUT2D eigenvalue weighted by Gasteiger charge is -1.93. The molecule has 2 rings (SSSR count). The molecule has 0 aromatic rings. The molecule has 0 saturated carbocycles. The van der Waals surface area contributed by atoms with Gasteiger partial charge in [0.1, 0.15) is 0 Å². The summed E-state index contributed by atoms with van der Waals surface area (Å²) in [7, 11) is 0. The molecule has 0 saturated heterocycles. The highest BCUT2D eigenvalue weighted by molar-refractivity contribution is 5.41. The fraction of sp³-hybridized carbons (Fsp3) is 0.250. The van der Waals surface area contributed by atoms with Gasteiger partial charge in [-0.1, -0.05) is 60.8 Å². The lowest BCUT2D eigenvalue weighted by molar-refractivity contribution is 0.875. The van der Waals surface area contributed by atoms with E-state index in [0.29, 0.717) is 0 Å². The Morgan fingerprint density at radius 3 is 2.75 bits per heavy atom. The summed E-state index contributed by atoms with van der Waals surface area (Å²) in [6, 6.07) is 0. The molecule has 0 nitrogen and oxygen atoms in total. The lowest BCUT2D eigenvalue weighted by atomic mass is 10.1. The van der Waals surface area contributed by atoms with E-state index in [0.717, 1.165) is 6.42 Å². The molecular weight excluding hydrogens is 192 g/mol. The smallest absolute Gasteiger partial charge is 0.0163 e. The van der Waals surface area contributed by atoms with Gasteiger partial charge in [0.15, 0.2) is 0 Å². The van der Waals surface area contributed by atoms with E-state index in [1.165, 1.54) is 30.4 Å². The Morgan fingerprint density at radius 1 is 0.875 bits per heavy atom. The van der Waals surface area contributed by atoms with Gasteiger partial charge in [-0.2, -0.15) is 0 Å². The molecule has 0 heteroatoms. The van der Waals surface area contributed by atoms with Crippen molar-refractivity contribution in [2.24, 2.45) is 0 Å². The maximum atomic E-state index is 2.32. The monoisotopic (exact) mass is 210 g/mol. The second-order valence-corrected chi connectivity index (χ2v) is 4.10. The van der Waals surface area contributed by atoms with E-state index in [-0.39, 0.29) is 0 Å². The first kappa shape index (κ1) is 10.9. The highest BCUT2D eigenvalue weighted by Crippen LogP contribution is 2.13. The van der Waals surface area contributed by atoms with E-state index >= 15 is 0 Å². The highest BCUT2D eigenvalue weighted by Gasteiger charge is 1.93. The van der Waals surface area contributed by atoms with Gasteiger partial charge in [-0.05, 0) is 36.8 Å². The second kappa shape index (κ2) is 6.12. The number of rotatable bonds is 2. The van der Waals surface area contributed by atoms with Crippen LogP contribution in [-0.4, -0.2) is 0 Å². The fourth-order valence-electron chi connectivity index (χ4n) is 1.82. The van der Waals surface area contributed by atoms with Crippen LogP contribution in [0.5, 0.6) is 0 Å². The van der Waals surface area contributed by atoms with Gasteiger partial charge in [-0.15, -0.1) is 0 Å². The molecular formula is C16H18. The van der Waals surface area contributed by atoms with Crippen LogP contribution < -0.4 is 0 Å². The molecule has 82 valence electrons. The second-order valence-electron chi connectivity index (χ2n) is 4.10. The molecule has 0 aromatic heterocycles. The molecule has 0 bridgehead atoms. The quantitative estimate of drug-likeness (QED) is 0.622. The number of hydrogen-bond acceptors (Lipinski definition) is 0. The summed E-state index contributed by atoms with van der Waals surface area (Å²) in [6.07, 6.45) is 26.7. The van der Waals surface area contributed by atoms with Crippen molar-refractivity contribution in [1.82, 2.24) is 0 Å². The Morgan fingerprint density at radius 2 is 1.75 bits per heavy atom. The van der Waals surface area contributed by atoms with Crippen LogP contribution in [0.1, 0.15) is 25.7 Å². The summed E-state index contributed by atoms with van der Waals surface area (Å²) in [5.74, 6) is 0. The molecule has 0 amide bonds. The average Bonchev–Trinajstić information content (AvgIpc) is 2.71. The molecule has 0 fully saturated rings. The molecule has 0 unspecified atom stereocenters. The van der Waals surface area contributed by atoms with Crippen molar-refractivity contribution in [3.8, 4) is 0 Å². The van der Waals surface area contributed by atoms with Crippen LogP contribution in [-0.2, 0) is 0 Å². The molecule has 2 aliphatic rings. The highest BCUT2D eigenvalue weighted by atomic mass is 14.0. The Hall–Kier alpha value is -1.56. The third-order valence-corrected chi connectivity index (χ3v) is 2.74. The third kappa shape index (κ3) is 3.54. The lowest BCUT2D eigenvalue weighted by Crippen LogP contribution is -1.73. The van der Waals surface area contributed by atoms with Crippen LogP contribution in [0.3, 0.4) is 0 Å². The summed E-state index contributed by atoms with van der Waals surface area (Å²) in [4.78, 5) is 0. The van der Waals surface area contributed by atoms with E-state index in [9.17, 15) is 0 Å². The van der Waals surface area contributed by atoms with Crippen LogP contribution >= 0.6 is 0 Å². The van der Waals surface area contributed by atoms with Crippen molar-refractivity contribution in [1.29, 1.82) is 0 Å². The molecule has 0 aliphatic heterocycles. The molecule has 0 spiro atoms. The van der Waals surface area contributed by atoms with Crippen LogP contribution in [0.15, 0.2) is 71.9 Å². The van der Waals surface area contributed by atoms with E-state index in [4.69, 9.17) is 0 Å². The molecule has 0 atom stereocenters. The normalized spacial score (nSPS) is 20.5. The predicted molar refractivity (Wildman–Crippen MR) is 71.2 cm³/mol. The minimum Gasteiger partial charge on any atom is -0.0839 e. The van der Waals surface area contributed by atoms with Gasteiger partial charge in [-0.25, -0.2) is 0 Å². The van der Waals surface area contributed by atoms with Gasteiger partial charge in [0.25, 0.3) is 0 Å². The van der Waals surface area contributed by atoms with E-state index in [1.54, 1.807) is 0 Å². The van der Waals surface area contributed by atoms with E-state index < -0.39 is 0 Å². The van der Waals surface area contributed by atoms with Crippen molar-refractivity contribution >= 4 is 0 Å². The molecule has 0 heterocycles. The predicted octanol–water partition coefficient (Wildman–Crippen LogP) is 4.65. The Kier molecular flexibility index (Phi) is 4.18. The first-order valence-electron chi connectivity index (χ1n) is 6.03. The number of allylic oxidation sites excluding steroid dienone is 12. The molecule has 0 aromatic carbocycles. The topological polar surface area (TPSA) is 0 Å². The first-order chi connectivity index (χ1) is 7.95. The summed E-state index contributed by atoms with van der Waals surface area (Å²) in [5, 5.41) is 0. The van der Waals surface area contributed by atoms with E-state index in [1.807, 2.05) is 0 Å². The maximum absolute atomic E-state index is 2.32. The summed E-state index contributed by atoms with van der Waals surface area (Å²) < 4.78 is 0. The number of hydrogen-bond donors (Lipinski definition) is 0. The molecule has 0 N–H and O–H groups in total. The zero-order valence-electron chi connectivity index (χ0n) is 9.60. The average molecular weight is 210 g/mol. The van der Waals surface area contributed by atoms with Gasteiger partial charge < -0.3 is 0 Å². The fourth-order valence-corrected chi connectivity index (χ4v) is 1.82. The van der Waals surface area contributed by atoms with Crippen LogP contribution in [0.4, 0.5) is 0 Å². The van der Waals surface area contributed by atoms with Crippen LogP contribution in [0.25, 0.3) is 0 Å². The first-order valence-corrected chi connectivity index (χ1v) is 6.03. The molecule has 2 aliphatic carbocycles. The SMILES string of the molecule is C1=CCC=CC(/C=C/C2=CCCCC=C2)=C1. The summed E-state index contributed by atoms with van der Waals surface area (Å²) in [6.45, 7) is 0. The van der Waals surface area contributed by atoms with Crippen molar-refractivity contribution in [3.63, 3.8) is 0 Å². The molecule has 16 heavy (non-hydrogen) atoms. The Labute approximate surface area is 98.1 Å². The van der Waals surface area contributed by atoms with Crippen molar-refractivity contribution in [2.75, 3.05) is 0 Å². The largest absolute Gasteiger partial charge is 0.0839 e. The summed E-state index contributed by atoms with van der Waals surface area (Å²) in [5.41, 5.74) is 2.60. The van der Waals surface area contributed by atoms with Crippen LogP contribution in [0, 0.1) is 0 Å². The van der Waals surface area contributed by atoms with Gasteiger partial charge in [0.05, 0.1) is 0 Å².